The maximum absolute atomic E-state index is 11.9. The number of nitrogens with one attached hydrogen (secondary N) is 1. The van der Waals surface area contributed by atoms with Gasteiger partial charge in [0.1, 0.15) is 6.42 Å². The standard InChI is InChI=1S/C13H12N2O5/c1-20-12(18)11(8-5-3-2-4-6-8)15-10(17)7-9(16)14-13(15)19/h2-6,11H,7H2,1H3,(H,14,16,19). The number of hydrogen-bond acceptors (Lipinski definition) is 5. The molecule has 1 aliphatic rings. The number of amides is 4. The van der Waals surface area contributed by atoms with Crippen LogP contribution in [0.5, 0.6) is 0 Å². The molecule has 1 unspecified atom stereocenters. The molecule has 1 fully saturated rings. The van der Waals surface area contributed by atoms with E-state index < -0.39 is 36.3 Å². The Morgan fingerprint density at radius 1 is 1.25 bits per heavy atom. The molecular formula is C13H12N2O5. The Balaban J connectivity index is 2.41. The Hall–Kier alpha value is -2.70. The van der Waals surface area contributed by atoms with Crippen LogP contribution in [0, 0.1) is 0 Å². The Bertz CT molecular complexity index is 549. The second-order valence-electron chi connectivity index (χ2n) is 4.13. The minimum Gasteiger partial charge on any atom is -0.467 e. The van der Waals surface area contributed by atoms with E-state index in [-0.39, 0.29) is 0 Å². The number of urea groups is 1. The largest absolute Gasteiger partial charge is 0.467 e. The molecule has 0 aliphatic carbocycles. The molecule has 0 bridgehead atoms. The molecule has 4 amide bonds. The first-order valence-corrected chi connectivity index (χ1v) is 5.83. The molecule has 0 saturated carbocycles. The molecule has 1 aliphatic heterocycles. The van der Waals surface area contributed by atoms with Crippen molar-refractivity contribution in [2.24, 2.45) is 0 Å². The number of methoxy groups -OCH3 is 1. The number of ether oxygens (including phenoxy) is 1. The van der Waals surface area contributed by atoms with Crippen molar-refractivity contribution in [3.8, 4) is 0 Å². The third kappa shape index (κ3) is 2.51. The smallest absolute Gasteiger partial charge is 0.333 e. The molecule has 7 nitrogen and oxygen atoms in total. The fourth-order valence-corrected chi connectivity index (χ4v) is 1.96. The third-order valence-electron chi connectivity index (χ3n) is 2.84. The fourth-order valence-electron chi connectivity index (χ4n) is 1.96. The van der Waals surface area contributed by atoms with Crippen LogP contribution in [-0.2, 0) is 19.1 Å². The highest BCUT2D eigenvalue weighted by molar-refractivity contribution is 6.15. The van der Waals surface area contributed by atoms with Gasteiger partial charge in [0, 0.05) is 0 Å². The van der Waals surface area contributed by atoms with Gasteiger partial charge < -0.3 is 4.74 Å². The van der Waals surface area contributed by atoms with Gasteiger partial charge in [-0.15, -0.1) is 0 Å². The summed E-state index contributed by atoms with van der Waals surface area (Å²) in [6.45, 7) is 0. The summed E-state index contributed by atoms with van der Waals surface area (Å²) in [5, 5.41) is 2.01. The van der Waals surface area contributed by atoms with E-state index in [9.17, 15) is 19.2 Å². The normalized spacial score (nSPS) is 16.6. The van der Waals surface area contributed by atoms with Crippen molar-refractivity contribution in [2.75, 3.05) is 7.11 Å². The monoisotopic (exact) mass is 276 g/mol. The number of carbonyl (C=O) groups is 4. The Labute approximate surface area is 114 Å². The van der Waals surface area contributed by atoms with Crippen LogP contribution in [-0.4, -0.2) is 35.8 Å². The topological polar surface area (TPSA) is 92.8 Å². The van der Waals surface area contributed by atoms with E-state index in [4.69, 9.17) is 0 Å². The van der Waals surface area contributed by atoms with E-state index in [0.29, 0.717) is 10.5 Å². The van der Waals surface area contributed by atoms with Crippen LogP contribution >= 0.6 is 0 Å². The lowest BCUT2D eigenvalue weighted by molar-refractivity contribution is -0.152. The highest BCUT2D eigenvalue weighted by Crippen LogP contribution is 2.24. The molecule has 1 aromatic carbocycles. The Kier molecular flexibility index (Phi) is 3.79. The van der Waals surface area contributed by atoms with Crippen LogP contribution in [0.1, 0.15) is 18.0 Å². The number of rotatable bonds is 3. The number of esters is 1. The van der Waals surface area contributed by atoms with Gasteiger partial charge in [-0.25, -0.2) is 14.5 Å². The van der Waals surface area contributed by atoms with Gasteiger partial charge in [0.15, 0.2) is 6.04 Å². The van der Waals surface area contributed by atoms with Crippen LogP contribution in [0.3, 0.4) is 0 Å². The second-order valence-corrected chi connectivity index (χ2v) is 4.13. The summed E-state index contributed by atoms with van der Waals surface area (Å²) >= 11 is 0. The average molecular weight is 276 g/mol. The van der Waals surface area contributed by atoms with Crippen molar-refractivity contribution >= 4 is 23.8 Å². The Morgan fingerprint density at radius 3 is 2.45 bits per heavy atom. The third-order valence-corrected chi connectivity index (χ3v) is 2.84. The highest BCUT2D eigenvalue weighted by atomic mass is 16.5. The van der Waals surface area contributed by atoms with Crippen molar-refractivity contribution < 1.29 is 23.9 Å². The van der Waals surface area contributed by atoms with Crippen LogP contribution < -0.4 is 5.32 Å². The molecule has 2 rings (SSSR count). The summed E-state index contributed by atoms with van der Waals surface area (Å²) in [6, 6.07) is 6.13. The maximum Gasteiger partial charge on any atom is 0.333 e. The number of hydrogen-bond donors (Lipinski definition) is 1. The zero-order valence-electron chi connectivity index (χ0n) is 10.7. The minimum atomic E-state index is -1.21. The summed E-state index contributed by atoms with van der Waals surface area (Å²) in [4.78, 5) is 47.4. The molecule has 20 heavy (non-hydrogen) atoms. The van der Waals surface area contributed by atoms with Gasteiger partial charge in [-0.2, -0.15) is 0 Å². The lowest BCUT2D eigenvalue weighted by Gasteiger charge is -2.30. The van der Waals surface area contributed by atoms with Crippen molar-refractivity contribution in [1.29, 1.82) is 0 Å². The van der Waals surface area contributed by atoms with E-state index in [1.165, 1.54) is 0 Å². The summed E-state index contributed by atoms with van der Waals surface area (Å²) in [7, 11) is 1.16. The predicted octanol–water partition coefficient (Wildman–Crippen LogP) is 0.369. The van der Waals surface area contributed by atoms with Gasteiger partial charge in [-0.3, -0.25) is 14.9 Å². The lowest BCUT2D eigenvalue weighted by Crippen LogP contribution is -2.55. The second kappa shape index (κ2) is 5.52. The first-order valence-electron chi connectivity index (χ1n) is 5.83. The summed E-state index contributed by atoms with van der Waals surface area (Å²) in [5.41, 5.74) is 0.428. The highest BCUT2D eigenvalue weighted by Gasteiger charge is 2.41. The maximum atomic E-state index is 11.9. The zero-order chi connectivity index (χ0) is 14.7. The number of benzene rings is 1. The van der Waals surface area contributed by atoms with E-state index in [1.807, 2.05) is 5.32 Å². The van der Waals surface area contributed by atoms with Crippen LogP contribution in [0.4, 0.5) is 4.79 Å². The Morgan fingerprint density at radius 2 is 1.90 bits per heavy atom. The minimum absolute atomic E-state index is 0.428. The summed E-state index contributed by atoms with van der Waals surface area (Å²) in [5.74, 6) is -2.18. The van der Waals surface area contributed by atoms with Crippen molar-refractivity contribution in [2.45, 2.75) is 12.5 Å². The van der Waals surface area contributed by atoms with Gasteiger partial charge in [0.05, 0.1) is 7.11 Å². The number of carbonyl (C=O) groups excluding carboxylic acids is 4. The van der Waals surface area contributed by atoms with Gasteiger partial charge in [-0.05, 0) is 5.56 Å². The van der Waals surface area contributed by atoms with Crippen molar-refractivity contribution in [3.05, 3.63) is 35.9 Å². The van der Waals surface area contributed by atoms with Crippen molar-refractivity contribution in [3.63, 3.8) is 0 Å². The molecule has 0 spiro atoms. The first-order chi connectivity index (χ1) is 9.54. The van der Waals surface area contributed by atoms with Crippen LogP contribution in [0.2, 0.25) is 0 Å². The van der Waals surface area contributed by atoms with Crippen LogP contribution in [0.25, 0.3) is 0 Å². The molecule has 1 saturated heterocycles. The quantitative estimate of drug-likeness (QED) is 0.636. The van der Waals surface area contributed by atoms with Gasteiger partial charge in [-0.1, -0.05) is 30.3 Å². The molecular weight excluding hydrogens is 264 g/mol. The van der Waals surface area contributed by atoms with E-state index in [1.54, 1.807) is 30.3 Å². The molecule has 1 heterocycles. The van der Waals surface area contributed by atoms with Gasteiger partial charge in [0.25, 0.3) is 0 Å². The predicted molar refractivity (Wildman–Crippen MR) is 66.2 cm³/mol. The molecule has 0 aromatic heterocycles. The number of barbiturate groups is 1. The van der Waals surface area contributed by atoms with Crippen LogP contribution in [0.15, 0.2) is 30.3 Å². The average Bonchev–Trinajstić information content (AvgIpc) is 2.42. The number of nitrogens with zero attached hydrogens (tertiary/aromatic N) is 1. The SMILES string of the molecule is COC(=O)C(c1ccccc1)N1C(=O)CC(=O)NC1=O. The van der Waals surface area contributed by atoms with Gasteiger partial charge >= 0.3 is 12.0 Å². The number of imide groups is 2. The molecule has 1 atom stereocenters. The molecule has 104 valence electrons. The zero-order valence-corrected chi connectivity index (χ0v) is 10.7. The molecule has 1 N–H and O–H groups in total. The molecule has 7 heteroatoms. The van der Waals surface area contributed by atoms with Gasteiger partial charge in [0.2, 0.25) is 11.8 Å². The lowest BCUT2D eigenvalue weighted by atomic mass is 10.0. The molecule has 0 radical (unpaired) electrons. The van der Waals surface area contributed by atoms with E-state index in [0.717, 1.165) is 7.11 Å². The fraction of sp³-hybridized carbons (Fsp3) is 0.231. The summed E-state index contributed by atoms with van der Waals surface area (Å²) < 4.78 is 4.65. The van der Waals surface area contributed by atoms with E-state index >= 15 is 0 Å². The summed E-state index contributed by atoms with van der Waals surface area (Å²) in [6.07, 6.45) is -0.480. The van der Waals surface area contributed by atoms with E-state index in [2.05, 4.69) is 4.74 Å². The molecule has 1 aromatic rings. The van der Waals surface area contributed by atoms with Crippen molar-refractivity contribution in [1.82, 2.24) is 10.2 Å². The first kappa shape index (κ1) is 13.7.